The van der Waals surface area contributed by atoms with Gasteiger partial charge in [-0.1, -0.05) is 6.92 Å². The molecule has 1 aliphatic heterocycles. The van der Waals surface area contributed by atoms with Crippen LogP contribution in [0, 0.1) is 0 Å². The summed E-state index contributed by atoms with van der Waals surface area (Å²) in [6, 6.07) is 0.471. The van der Waals surface area contributed by atoms with E-state index in [9.17, 15) is 9.59 Å². The molecule has 1 unspecified atom stereocenters. The fourth-order valence-electron chi connectivity index (χ4n) is 2.60. The molecule has 0 bridgehead atoms. The van der Waals surface area contributed by atoms with E-state index in [1.807, 2.05) is 30.6 Å². The van der Waals surface area contributed by atoms with Crippen LogP contribution in [0.15, 0.2) is 0 Å². The Labute approximate surface area is 122 Å². The molecule has 1 N–H and O–H groups in total. The molecule has 1 saturated heterocycles. The fourth-order valence-corrected chi connectivity index (χ4v) is 2.60. The molecule has 1 aliphatic rings. The van der Waals surface area contributed by atoms with Crippen molar-refractivity contribution in [1.29, 1.82) is 0 Å². The zero-order chi connectivity index (χ0) is 15.1. The van der Waals surface area contributed by atoms with Crippen molar-refractivity contribution in [3.63, 3.8) is 0 Å². The molecule has 0 aromatic carbocycles. The molecule has 0 aromatic rings. The fraction of sp³-hybridized carbons (Fsp3) is 0.867. The van der Waals surface area contributed by atoms with E-state index >= 15 is 0 Å². The Hall–Kier alpha value is -1.10. The van der Waals surface area contributed by atoms with Crippen LogP contribution < -0.4 is 5.32 Å². The Morgan fingerprint density at radius 3 is 2.55 bits per heavy atom. The molecular formula is C15H29N3O2. The SMILES string of the molecule is CCN(CC(=O)NC(C)C)CC(=O)N1CCCCC1C. The summed E-state index contributed by atoms with van der Waals surface area (Å²) in [6.07, 6.45) is 3.39. The minimum atomic E-state index is -0.0126. The van der Waals surface area contributed by atoms with Crippen LogP contribution in [-0.2, 0) is 9.59 Å². The highest BCUT2D eigenvalue weighted by atomic mass is 16.2. The largest absolute Gasteiger partial charge is 0.353 e. The summed E-state index contributed by atoms with van der Waals surface area (Å²) < 4.78 is 0. The van der Waals surface area contributed by atoms with Gasteiger partial charge in [0, 0.05) is 18.6 Å². The van der Waals surface area contributed by atoms with E-state index in [4.69, 9.17) is 0 Å². The van der Waals surface area contributed by atoms with Gasteiger partial charge in [0.25, 0.3) is 0 Å². The van der Waals surface area contributed by atoms with Crippen LogP contribution in [-0.4, -0.2) is 59.9 Å². The van der Waals surface area contributed by atoms with Crippen LogP contribution >= 0.6 is 0 Å². The molecule has 2 amide bonds. The molecule has 0 spiro atoms. The minimum Gasteiger partial charge on any atom is -0.353 e. The van der Waals surface area contributed by atoms with Crippen molar-refractivity contribution in [3.8, 4) is 0 Å². The number of nitrogens with one attached hydrogen (secondary N) is 1. The molecule has 1 rings (SSSR count). The highest BCUT2D eigenvalue weighted by Gasteiger charge is 2.24. The van der Waals surface area contributed by atoms with Gasteiger partial charge in [0.15, 0.2) is 0 Å². The Bertz CT molecular complexity index is 331. The molecule has 1 heterocycles. The zero-order valence-electron chi connectivity index (χ0n) is 13.3. The maximum atomic E-state index is 12.3. The molecule has 116 valence electrons. The lowest BCUT2D eigenvalue weighted by molar-refractivity contribution is -0.136. The van der Waals surface area contributed by atoms with Crippen molar-refractivity contribution in [2.45, 2.75) is 59.0 Å². The molecule has 0 aliphatic carbocycles. The number of piperidine rings is 1. The topological polar surface area (TPSA) is 52.7 Å². The summed E-state index contributed by atoms with van der Waals surface area (Å²) in [6.45, 7) is 10.2. The van der Waals surface area contributed by atoms with Crippen LogP contribution in [0.4, 0.5) is 0 Å². The summed E-state index contributed by atoms with van der Waals surface area (Å²) in [4.78, 5) is 28.0. The van der Waals surface area contributed by atoms with E-state index in [1.165, 1.54) is 6.42 Å². The molecule has 0 radical (unpaired) electrons. The van der Waals surface area contributed by atoms with Crippen molar-refractivity contribution < 1.29 is 9.59 Å². The monoisotopic (exact) mass is 283 g/mol. The quantitative estimate of drug-likeness (QED) is 0.798. The number of amides is 2. The highest BCUT2D eigenvalue weighted by Crippen LogP contribution is 2.16. The molecule has 1 fully saturated rings. The normalized spacial score (nSPS) is 19.5. The molecule has 1 atom stereocenters. The smallest absolute Gasteiger partial charge is 0.237 e. The summed E-state index contributed by atoms with van der Waals surface area (Å²) in [7, 11) is 0. The van der Waals surface area contributed by atoms with E-state index in [0.29, 0.717) is 25.7 Å². The van der Waals surface area contributed by atoms with Gasteiger partial charge >= 0.3 is 0 Å². The van der Waals surface area contributed by atoms with E-state index in [1.54, 1.807) is 0 Å². The Morgan fingerprint density at radius 1 is 1.30 bits per heavy atom. The van der Waals surface area contributed by atoms with Crippen molar-refractivity contribution in [1.82, 2.24) is 15.1 Å². The molecular weight excluding hydrogens is 254 g/mol. The van der Waals surface area contributed by atoms with Gasteiger partial charge < -0.3 is 10.2 Å². The van der Waals surface area contributed by atoms with Gasteiger partial charge in [-0.05, 0) is 46.6 Å². The lowest BCUT2D eigenvalue weighted by Gasteiger charge is -2.35. The van der Waals surface area contributed by atoms with Crippen LogP contribution in [0.25, 0.3) is 0 Å². The average Bonchev–Trinajstić information content (AvgIpc) is 2.37. The molecule has 5 nitrogen and oxygen atoms in total. The number of hydrogen-bond donors (Lipinski definition) is 1. The van der Waals surface area contributed by atoms with Crippen LogP contribution in [0.2, 0.25) is 0 Å². The molecule has 5 heteroatoms. The van der Waals surface area contributed by atoms with Crippen LogP contribution in [0.3, 0.4) is 0 Å². The first-order valence-corrected chi connectivity index (χ1v) is 7.75. The first-order chi connectivity index (χ1) is 9.43. The second-order valence-electron chi connectivity index (χ2n) is 5.96. The van der Waals surface area contributed by atoms with E-state index in [2.05, 4.69) is 12.2 Å². The van der Waals surface area contributed by atoms with Crippen molar-refractivity contribution >= 4 is 11.8 Å². The van der Waals surface area contributed by atoms with Gasteiger partial charge in [-0.2, -0.15) is 0 Å². The number of hydrogen-bond acceptors (Lipinski definition) is 3. The Balaban J connectivity index is 2.46. The van der Waals surface area contributed by atoms with Gasteiger partial charge in [0.2, 0.25) is 11.8 Å². The lowest BCUT2D eigenvalue weighted by Crippen LogP contribution is -2.49. The number of nitrogens with zero attached hydrogens (tertiary/aromatic N) is 2. The predicted molar refractivity (Wildman–Crippen MR) is 80.4 cm³/mol. The van der Waals surface area contributed by atoms with E-state index in [-0.39, 0.29) is 17.9 Å². The zero-order valence-corrected chi connectivity index (χ0v) is 13.3. The van der Waals surface area contributed by atoms with Crippen molar-refractivity contribution in [2.24, 2.45) is 0 Å². The van der Waals surface area contributed by atoms with Crippen molar-refractivity contribution in [3.05, 3.63) is 0 Å². The van der Waals surface area contributed by atoms with Crippen molar-refractivity contribution in [2.75, 3.05) is 26.2 Å². The highest BCUT2D eigenvalue weighted by molar-refractivity contribution is 5.81. The number of carbonyl (C=O) groups is 2. The summed E-state index contributed by atoms with van der Waals surface area (Å²) in [5, 5.41) is 2.86. The van der Waals surface area contributed by atoms with Gasteiger partial charge in [-0.25, -0.2) is 0 Å². The maximum absolute atomic E-state index is 12.3. The number of rotatable bonds is 6. The van der Waals surface area contributed by atoms with Gasteiger partial charge in [0.05, 0.1) is 13.1 Å². The Kier molecular flexibility index (Phi) is 6.99. The summed E-state index contributed by atoms with van der Waals surface area (Å²) in [5.41, 5.74) is 0. The van der Waals surface area contributed by atoms with Gasteiger partial charge in [-0.3, -0.25) is 14.5 Å². The van der Waals surface area contributed by atoms with E-state index < -0.39 is 0 Å². The average molecular weight is 283 g/mol. The molecule has 0 saturated carbocycles. The lowest BCUT2D eigenvalue weighted by atomic mass is 10.0. The standard InChI is InChI=1S/C15H29N3O2/c1-5-17(10-14(19)16-12(2)3)11-15(20)18-9-7-6-8-13(18)4/h12-13H,5-11H2,1-4H3,(H,16,19). The van der Waals surface area contributed by atoms with Crippen LogP contribution in [0.5, 0.6) is 0 Å². The second kappa shape index (κ2) is 8.25. The first kappa shape index (κ1) is 17.0. The number of carbonyl (C=O) groups excluding carboxylic acids is 2. The second-order valence-corrected chi connectivity index (χ2v) is 5.96. The van der Waals surface area contributed by atoms with E-state index in [0.717, 1.165) is 19.4 Å². The third kappa shape index (κ3) is 5.49. The number of likely N-dealkylation sites (N-methyl/N-ethyl adjacent to an activating group) is 1. The summed E-state index contributed by atoms with van der Waals surface area (Å²) in [5.74, 6) is 0.137. The Morgan fingerprint density at radius 2 is 2.00 bits per heavy atom. The number of likely N-dealkylation sites (tertiary alicyclic amines) is 1. The van der Waals surface area contributed by atoms with Gasteiger partial charge in [0.1, 0.15) is 0 Å². The maximum Gasteiger partial charge on any atom is 0.237 e. The third-order valence-electron chi connectivity index (χ3n) is 3.75. The van der Waals surface area contributed by atoms with Gasteiger partial charge in [-0.15, -0.1) is 0 Å². The molecule has 0 aromatic heterocycles. The van der Waals surface area contributed by atoms with Crippen LogP contribution in [0.1, 0.15) is 47.0 Å². The summed E-state index contributed by atoms with van der Waals surface area (Å²) >= 11 is 0. The first-order valence-electron chi connectivity index (χ1n) is 7.75. The minimum absolute atomic E-state index is 0.0126. The predicted octanol–water partition coefficient (Wildman–Crippen LogP) is 1.23. The molecule has 20 heavy (non-hydrogen) atoms. The third-order valence-corrected chi connectivity index (χ3v) is 3.75.